The van der Waals surface area contributed by atoms with Crippen molar-refractivity contribution in [1.29, 1.82) is 0 Å². The van der Waals surface area contributed by atoms with Gasteiger partial charge in [-0.25, -0.2) is 4.98 Å². The van der Waals surface area contributed by atoms with E-state index in [0.717, 1.165) is 17.5 Å². The van der Waals surface area contributed by atoms with Crippen LogP contribution in [0.2, 0.25) is 10.0 Å². The number of hydrogen-bond donors (Lipinski definition) is 1. The number of rotatable bonds is 6. The SMILES string of the molecule is CC(NC(=O)c1ncccc1Br)C(Cc1ccc(Cl)cc1)c1ccc(Cl)cc1. The third kappa shape index (κ3) is 5.34. The Morgan fingerprint density at radius 1 is 1.04 bits per heavy atom. The quantitative estimate of drug-likeness (QED) is 0.452. The summed E-state index contributed by atoms with van der Waals surface area (Å²) in [6.07, 6.45) is 2.36. The Balaban J connectivity index is 1.84. The second-order valence-electron chi connectivity index (χ2n) is 6.58. The number of pyridine rings is 1. The second kappa shape index (κ2) is 9.55. The largest absolute Gasteiger partial charge is 0.348 e. The molecule has 28 heavy (non-hydrogen) atoms. The van der Waals surface area contributed by atoms with Crippen LogP contribution < -0.4 is 5.32 Å². The minimum Gasteiger partial charge on any atom is -0.348 e. The Bertz CT molecular complexity index is 946. The minimum atomic E-state index is -0.213. The molecule has 0 saturated carbocycles. The average Bonchev–Trinajstić information content (AvgIpc) is 2.68. The molecule has 0 fully saturated rings. The van der Waals surface area contributed by atoms with Crippen LogP contribution in [0.3, 0.4) is 0 Å². The van der Waals surface area contributed by atoms with Crippen LogP contribution in [0.25, 0.3) is 0 Å². The van der Waals surface area contributed by atoms with Gasteiger partial charge in [-0.2, -0.15) is 0 Å². The molecule has 0 aliphatic rings. The van der Waals surface area contributed by atoms with E-state index >= 15 is 0 Å². The van der Waals surface area contributed by atoms with Gasteiger partial charge in [0.15, 0.2) is 0 Å². The Kier molecular flexibility index (Phi) is 7.11. The van der Waals surface area contributed by atoms with Crippen molar-refractivity contribution in [2.24, 2.45) is 0 Å². The first kappa shape index (κ1) is 20.8. The van der Waals surface area contributed by atoms with Crippen molar-refractivity contribution >= 4 is 45.0 Å². The van der Waals surface area contributed by atoms with Crippen LogP contribution in [0, 0.1) is 0 Å². The van der Waals surface area contributed by atoms with E-state index < -0.39 is 0 Å². The zero-order chi connectivity index (χ0) is 20.1. The van der Waals surface area contributed by atoms with Gasteiger partial charge in [-0.3, -0.25) is 4.79 Å². The standard InChI is InChI=1S/C22H19BrCl2N2O/c1-14(27-22(28)21-20(23)3-2-12-26-21)19(16-6-10-18(25)11-7-16)13-15-4-8-17(24)9-5-15/h2-12,14,19H,13H2,1H3,(H,27,28). The fraction of sp³-hybridized carbons (Fsp3) is 0.182. The Hall–Kier alpha value is -1.88. The molecule has 3 aromatic rings. The van der Waals surface area contributed by atoms with Gasteiger partial charge in [-0.05, 0) is 76.8 Å². The van der Waals surface area contributed by atoms with Crippen molar-refractivity contribution in [3.05, 3.63) is 98.2 Å². The van der Waals surface area contributed by atoms with Crippen molar-refractivity contribution in [2.75, 3.05) is 0 Å². The van der Waals surface area contributed by atoms with E-state index in [4.69, 9.17) is 23.2 Å². The molecule has 1 aromatic heterocycles. The van der Waals surface area contributed by atoms with Crippen molar-refractivity contribution in [3.8, 4) is 0 Å². The molecule has 2 aromatic carbocycles. The fourth-order valence-corrected chi connectivity index (χ4v) is 3.78. The lowest BCUT2D eigenvalue weighted by atomic mass is 9.86. The molecule has 2 atom stereocenters. The van der Waals surface area contributed by atoms with Crippen LogP contribution in [0.5, 0.6) is 0 Å². The predicted molar refractivity (Wildman–Crippen MR) is 118 cm³/mol. The number of nitrogens with zero attached hydrogens (tertiary/aromatic N) is 1. The molecule has 1 amide bonds. The lowest BCUT2D eigenvalue weighted by Gasteiger charge is -2.26. The summed E-state index contributed by atoms with van der Waals surface area (Å²) < 4.78 is 0.667. The molecule has 0 aliphatic carbocycles. The number of halogens is 3. The molecule has 3 rings (SSSR count). The third-order valence-corrected chi connectivity index (χ3v) is 5.75. The maximum atomic E-state index is 12.7. The summed E-state index contributed by atoms with van der Waals surface area (Å²) >= 11 is 15.5. The molecule has 0 saturated heterocycles. The minimum absolute atomic E-state index is 0.0601. The van der Waals surface area contributed by atoms with E-state index in [9.17, 15) is 4.79 Å². The fourth-order valence-electron chi connectivity index (χ4n) is 3.10. The zero-order valence-corrected chi connectivity index (χ0v) is 18.3. The van der Waals surface area contributed by atoms with E-state index in [-0.39, 0.29) is 17.9 Å². The molecular weight excluding hydrogens is 459 g/mol. The summed E-state index contributed by atoms with van der Waals surface area (Å²) in [5, 5.41) is 4.48. The number of hydrogen-bond acceptors (Lipinski definition) is 2. The second-order valence-corrected chi connectivity index (χ2v) is 8.31. The maximum Gasteiger partial charge on any atom is 0.271 e. The highest BCUT2D eigenvalue weighted by Crippen LogP contribution is 2.27. The highest BCUT2D eigenvalue weighted by Gasteiger charge is 2.23. The number of benzene rings is 2. The molecule has 1 heterocycles. The smallest absolute Gasteiger partial charge is 0.271 e. The average molecular weight is 478 g/mol. The van der Waals surface area contributed by atoms with Gasteiger partial charge in [0.25, 0.3) is 5.91 Å². The van der Waals surface area contributed by atoms with Crippen LogP contribution in [0.15, 0.2) is 71.3 Å². The van der Waals surface area contributed by atoms with E-state index in [2.05, 4.69) is 26.2 Å². The maximum absolute atomic E-state index is 12.7. The van der Waals surface area contributed by atoms with E-state index in [1.807, 2.05) is 55.5 Å². The molecular formula is C22H19BrCl2N2O. The van der Waals surface area contributed by atoms with Crippen molar-refractivity contribution in [2.45, 2.75) is 25.3 Å². The molecule has 0 radical (unpaired) electrons. The first-order valence-corrected chi connectivity index (χ1v) is 10.4. The predicted octanol–water partition coefficient (Wildman–Crippen LogP) is 6.30. The van der Waals surface area contributed by atoms with Gasteiger partial charge >= 0.3 is 0 Å². The van der Waals surface area contributed by atoms with E-state index in [0.29, 0.717) is 20.2 Å². The van der Waals surface area contributed by atoms with Gasteiger partial charge in [0.05, 0.1) is 0 Å². The zero-order valence-electron chi connectivity index (χ0n) is 15.2. The van der Waals surface area contributed by atoms with E-state index in [1.54, 1.807) is 18.3 Å². The summed E-state index contributed by atoms with van der Waals surface area (Å²) in [6, 6.07) is 19.0. The highest BCUT2D eigenvalue weighted by molar-refractivity contribution is 9.10. The van der Waals surface area contributed by atoms with Gasteiger partial charge in [-0.1, -0.05) is 47.5 Å². The van der Waals surface area contributed by atoms with Crippen LogP contribution in [-0.4, -0.2) is 16.9 Å². The molecule has 1 N–H and O–H groups in total. The van der Waals surface area contributed by atoms with Gasteiger partial charge < -0.3 is 5.32 Å². The highest BCUT2D eigenvalue weighted by atomic mass is 79.9. The summed E-state index contributed by atoms with van der Waals surface area (Å²) in [7, 11) is 0. The third-order valence-electron chi connectivity index (χ3n) is 4.60. The van der Waals surface area contributed by atoms with Gasteiger partial charge in [0.2, 0.25) is 0 Å². The molecule has 0 aliphatic heterocycles. The molecule has 2 unspecified atom stereocenters. The lowest BCUT2D eigenvalue weighted by Crippen LogP contribution is -2.38. The summed E-state index contributed by atoms with van der Waals surface area (Å²) in [5.74, 6) is -0.153. The van der Waals surface area contributed by atoms with Crippen LogP contribution in [0.4, 0.5) is 0 Å². The van der Waals surface area contributed by atoms with E-state index in [1.165, 1.54) is 0 Å². The molecule has 144 valence electrons. The number of aromatic nitrogens is 1. The molecule has 0 spiro atoms. The summed E-state index contributed by atoms with van der Waals surface area (Å²) in [4.78, 5) is 16.9. The van der Waals surface area contributed by atoms with Gasteiger partial charge in [0.1, 0.15) is 5.69 Å². The number of carbonyl (C=O) groups excluding carboxylic acids is 1. The number of carbonyl (C=O) groups is 1. The normalized spacial score (nSPS) is 13.0. The lowest BCUT2D eigenvalue weighted by molar-refractivity contribution is 0.0928. The topological polar surface area (TPSA) is 42.0 Å². The van der Waals surface area contributed by atoms with Crippen LogP contribution in [-0.2, 0) is 6.42 Å². The summed E-state index contributed by atoms with van der Waals surface area (Å²) in [6.45, 7) is 2.00. The van der Waals surface area contributed by atoms with Crippen molar-refractivity contribution in [1.82, 2.24) is 10.3 Å². The first-order chi connectivity index (χ1) is 13.4. The Labute approximate surface area is 183 Å². The molecule has 6 heteroatoms. The van der Waals surface area contributed by atoms with Crippen molar-refractivity contribution < 1.29 is 4.79 Å². The first-order valence-electron chi connectivity index (χ1n) is 8.85. The molecule has 3 nitrogen and oxygen atoms in total. The Morgan fingerprint density at radius 2 is 1.64 bits per heavy atom. The van der Waals surface area contributed by atoms with Crippen LogP contribution in [0.1, 0.15) is 34.5 Å². The molecule has 0 bridgehead atoms. The summed E-state index contributed by atoms with van der Waals surface area (Å²) in [5.41, 5.74) is 2.62. The Morgan fingerprint density at radius 3 is 2.25 bits per heavy atom. The number of amides is 1. The monoisotopic (exact) mass is 476 g/mol. The van der Waals surface area contributed by atoms with Gasteiger partial charge in [-0.15, -0.1) is 0 Å². The van der Waals surface area contributed by atoms with Gasteiger partial charge in [0, 0.05) is 32.7 Å². The van der Waals surface area contributed by atoms with Crippen LogP contribution >= 0.6 is 39.1 Å². The number of nitrogens with one attached hydrogen (secondary N) is 1. The van der Waals surface area contributed by atoms with Crippen molar-refractivity contribution in [3.63, 3.8) is 0 Å².